The van der Waals surface area contributed by atoms with Crippen molar-refractivity contribution in [3.63, 3.8) is 0 Å². The number of rotatable bonds is 5. The maximum absolute atomic E-state index is 12.6. The average molecular weight is 345 g/mol. The van der Waals surface area contributed by atoms with Crippen LogP contribution in [-0.2, 0) is 0 Å². The number of nitrogens with zero attached hydrogens (tertiary/aromatic N) is 3. The summed E-state index contributed by atoms with van der Waals surface area (Å²) in [7, 11) is 0. The minimum absolute atomic E-state index is 0.0914. The molecule has 3 rings (SSSR count). The van der Waals surface area contributed by atoms with Gasteiger partial charge in [0.1, 0.15) is 0 Å². The molecule has 0 aliphatic carbocycles. The van der Waals surface area contributed by atoms with Gasteiger partial charge in [-0.15, -0.1) is 6.58 Å². The Balaban J connectivity index is 1.93. The van der Waals surface area contributed by atoms with Crippen LogP contribution in [0.1, 0.15) is 26.7 Å². The lowest BCUT2D eigenvalue weighted by Gasteiger charge is -2.04. The van der Waals surface area contributed by atoms with E-state index in [1.54, 1.807) is 59.1 Å². The fourth-order valence-corrected chi connectivity index (χ4v) is 2.43. The molecule has 26 heavy (non-hydrogen) atoms. The van der Waals surface area contributed by atoms with E-state index >= 15 is 0 Å². The van der Waals surface area contributed by atoms with Crippen LogP contribution in [0.15, 0.2) is 61.3 Å². The molecule has 2 N–H and O–H groups in total. The Morgan fingerprint density at radius 1 is 1.19 bits per heavy atom. The molecular formula is C19H15N5O2. The summed E-state index contributed by atoms with van der Waals surface area (Å²) in [5.41, 5.74) is 1.71. The van der Waals surface area contributed by atoms with E-state index in [1.807, 2.05) is 6.07 Å². The Hall–Kier alpha value is -3.92. The first-order valence-electron chi connectivity index (χ1n) is 7.81. The number of benzene rings is 1. The fraction of sp³-hybridized carbons (Fsp3) is 0.0526. The lowest BCUT2D eigenvalue weighted by Crippen LogP contribution is -2.24. The zero-order chi connectivity index (χ0) is 18.5. The van der Waals surface area contributed by atoms with Crippen LogP contribution in [0, 0.1) is 11.3 Å². The molecule has 0 spiro atoms. The molecule has 2 amide bonds. The third-order valence-corrected chi connectivity index (χ3v) is 3.65. The van der Waals surface area contributed by atoms with Gasteiger partial charge in [-0.1, -0.05) is 12.1 Å². The molecule has 0 radical (unpaired) electrons. The number of fused-ring (bicyclic) bond motifs is 1. The van der Waals surface area contributed by atoms with Gasteiger partial charge in [0.15, 0.2) is 5.69 Å². The summed E-state index contributed by atoms with van der Waals surface area (Å²) in [6, 6.07) is 13.7. The van der Waals surface area contributed by atoms with Crippen LogP contribution in [0.2, 0.25) is 0 Å². The van der Waals surface area contributed by atoms with Gasteiger partial charge in [-0.3, -0.25) is 14.0 Å². The molecule has 7 heteroatoms. The number of nitrogens with one attached hydrogen (secondary N) is 2. The lowest BCUT2D eigenvalue weighted by atomic mass is 10.2. The van der Waals surface area contributed by atoms with Gasteiger partial charge in [0.05, 0.1) is 17.1 Å². The highest BCUT2D eigenvalue weighted by Crippen LogP contribution is 2.16. The monoisotopic (exact) mass is 345 g/mol. The van der Waals surface area contributed by atoms with Gasteiger partial charge in [-0.25, -0.2) is 4.98 Å². The van der Waals surface area contributed by atoms with Crippen LogP contribution in [0.4, 0.5) is 5.69 Å². The van der Waals surface area contributed by atoms with Gasteiger partial charge in [-0.2, -0.15) is 5.26 Å². The second kappa shape index (κ2) is 7.32. The van der Waals surface area contributed by atoms with E-state index < -0.39 is 5.91 Å². The second-order valence-corrected chi connectivity index (χ2v) is 5.38. The summed E-state index contributed by atoms with van der Waals surface area (Å²) < 4.78 is 1.56. The van der Waals surface area contributed by atoms with Crippen molar-refractivity contribution < 1.29 is 9.59 Å². The number of pyridine rings is 1. The summed E-state index contributed by atoms with van der Waals surface area (Å²) in [6.07, 6.45) is 3.23. The minimum Gasteiger partial charge on any atom is -0.347 e. The average Bonchev–Trinajstić information content (AvgIpc) is 3.06. The summed E-state index contributed by atoms with van der Waals surface area (Å²) in [6.45, 7) is 3.86. The van der Waals surface area contributed by atoms with Gasteiger partial charge in [0.2, 0.25) is 5.82 Å². The van der Waals surface area contributed by atoms with Gasteiger partial charge >= 0.3 is 0 Å². The predicted octanol–water partition coefficient (Wildman–Crippen LogP) is 2.37. The van der Waals surface area contributed by atoms with E-state index in [0.717, 1.165) is 0 Å². The number of aromatic nitrogens is 2. The Labute approximate surface area is 149 Å². The fourth-order valence-electron chi connectivity index (χ4n) is 2.43. The number of hydrogen-bond donors (Lipinski definition) is 2. The van der Waals surface area contributed by atoms with Gasteiger partial charge in [0, 0.05) is 18.4 Å². The van der Waals surface area contributed by atoms with Crippen molar-refractivity contribution >= 4 is 23.0 Å². The van der Waals surface area contributed by atoms with Crippen molar-refractivity contribution in [1.29, 1.82) is 5.26 Å². The number of anilines is 1. The molecule has 3 aromatic rings. The lowest BCUT2D eigenvalue weighted by molar-refractivity contribution is 0.0955. The topological polar surface area (TPSA) is 99.3 Å². The van der Waals surface area contributed by atoms with Crippen LogP contribution in [0.3, 0.4) is 0 Å². The SMILES string of the molecule is C=CCNC(=O)c1nc(C(=O)Nc2ccc(C#N)cc2)n2ccccc12. The Kier molecular flexibility index (Phi) is 4.76. The molecule has 0 saturated carbocycles. The van der Waals surface area contributed by atoms with E-state index in [1.165, 1.54) is 0 Å². The van der Waals surface area contributed by atoms with Crippen LogP contribution < -0.4 is 10.6 Å². The highest BCUT2D eigenvalue weighted by molar-refractivity contribution is 6.06. The summed E-state index contributed by atoms with van der Waals surface area (Å²) >= 11 is 0. The van der Waals surface area contributed by atoms with Crippen molar-refractivity contribution in [3.8, 4) is 6.07 Å². The standard InChI is InChI=1S/C19H15N5O2/c1-2-10-21-18(25)16-15-5-3-4-11-24(15)17(23-16)19(26)22-14-8-6-13(12-20)7-9-14/h2-9,11H,1,10H2,(H,21,25)(H,22,26). The second-order valence-electron chi connectivity index (χ2n) is 5.38. The number of carbonyl (C=O) groups excluding carboxylic acids is 2. The maximum atomic E-state index is 12.6. The molecule has 1 aromatic carbocycles. The number of nitriles is 1. The van der Waals surface area contributed by atoms with Crippen LogP contribution in [-0.4, -0.2) is 27.7 Å². The first-order chi connectivity index (χ1) is 12.6. The van der Waals surface area contributed by atoms with E-state index in [4.69, 9.17) is 5.26 Å². The third kappa shape index (κ3) is 3.30. The van der Waals surface area contributed by atoms with Crippen LogP contribution in [0.5, 0.6) is 0 Å². The predicted molar refractivity (Wildman–Crippen MR) is 96.8 cm³/mol. The van der Waals surface area contributed by atoms with Gasteiger partial charge < -0.3 is 10.6 Å². The largest absolute Gasteiger partial charge is 0.347 e. The first kappa shape index (κ1) is 16.9. The molecular weight excluding hydrogens is 330 g/mol. The first-order valence-corrected chi connectivity index (χ1v) is 7.81. The number of hydrogen-bond acceptors (Lipinski definition) is 4. The van der Waals surface area contributed by atoms with Crippen LogP contribution in [0.25, 0.3) is 5.52 Å². The van der Waals surface area contributed by atoms with Crippen molar-refractivity contribution in [2.75, 3.05) is 11.9 Å². The molecule has 0 fully saturated rings. The van der Waals surface area contributed by atoms with E-state index in [0.29, 0.717) is 23.3 Å². The Morgan fingerprint density at radius 2 is 1.96 bits per heavy atom. The smallest absolute Gasteiger partial charge is 0.292 e. The van der Waals surface area contributed by atoms with E-state index in [9.17, 15) is 9.59 Å². The molecule has 2 heterocycles. The van der Waals surface area contributed by atoms with Crippen LogP contribution >= 0.6 is 0 Å². The molecule has 0 unspecified atom stereocenters. The van der Waals surface area contributed by atoms with Crippen molar-refractivity contribution in [3.05, 3.63) is 78.4 Å². The minimum atomic E-state index is -0.460. The van der Waals surface area contributed by atoms with E-state index in [2.05, 4.69) is 22.2 Å². The quantitative estimate of drug-likeness (QED) is 0.694. The van der Waals surface area contributed by atoms with Gasteiger partial charge in [0.25, 0.3) is 11.8 Å². The molecule has 0 bridgehead atoms. The molecule has 0 saturated heterocycles. The molecule has 7 nitrogen and oxygen atoms in total. The maximum Gasteiger partial charge on any atom is 0.292 e. The molecule has 0 atom stereocenters. The zero-order valence-corrected chi connectivity index (χ0v) is 13.8. The summed E-state index contributed by atoms with van der Waals surface area (Å²) in [5.74, 6) is -0.751. The third-order valence-electron chi connectivity index (χ3n) is 3.65. The van der Waals surface area contributed by atoms with E-state index in [-0.39, 0.29) is 17.4 Å². The summed E-state index contributed by atoms with van der Waals surface area (Å²) in [5, 5.41) is 14.2. The summed E-state index contributed by atoms with van der Waals surface area (Å²) in [4.78, 5) is 29.1. The Bertz CT molecular complexity index is 1030. The zero-order valence-electron chi connectivity index (χ0n) is 13.8. The normalized spacial score (nSPS) is 10.1. The van der Waals surface area contributed by atoms with Crippen molar-refractivity contribution in [2.45, 2.75) is 0 Å². The van der Waals surface area contributed by atoms with Crippen molar-refractivity contribution in [2.24, 2.45) is 0 Å². The molecule has 128 valence electrons. The van der Waals surface area contributed by atoms with Gasteiger partial charge in [-0.05, 0) is 36.4 Å². The highest BCUT2D eigenvalue weighted by Gasteiger charge is 2.21. The Morgan fingerprint density at radius 3 is 2.65 bits per heavy atom. The molecule has 0 aliphatic rings. The molecule has 0 aliphatic heterocycles. The number of carbonyl (C=O) groups is 2. The highest BCUT2D eigenvalue weighted by atomic mass is 16.2. The number of imidazole rings is 1. The van der Waals surface area contributed by atoms with Crippen molar-refractivity contribution in [1.82, 2.24) is 14.7 Å². The number of amides is 2. The molecule has 2 aromatic heterocycles.